The Morgan fingerprint density at radius 1 is 1.09 bits per heavy atom. The van der Waals surface area contributed by atoms with Crippen molar-refractivity contribution in [3.63, 3.8) is 0 Å². The molecule has 3 N–H and O–H groups in total. The van der Waals surface area contributed by atoms with Gasteiger partial charge in [0.1, 0.15) is 11.6 Å². The number of aromatic amines is 1. The van der Waals surface area contributed by atoms with Crippen molar-refractivity contribution in [1.29, 1.82) is 0 Å². The zero-order valence-corrected chi connectivity index (χ0v) is 19.4. The molecular formula is C26H27N7O2. The van der Waals surface area contributed by atoms with Gasteiger partial charge in [0.15, 0.2) is 5.82 Å². The van der Waals surface area contributed by atoms with E-state index < -0.39 is 0 Å². The third-order valence-electron chi connectivity index (χ3n) is 6.53. The van der Waals surface area contributed by atoms with Gasteiger partial charge in [0, 0.05) is 44.5 Å². The van der Waals surface area contributed by atoms with E-state index in [1.165, 1.54) is 0 Å². The minimum atomic E-state index is -0.141. The summed E-state index contributed by atoms with van der Waals surface area (Å²) in [6.07, 6.45) is 8.56. The molecule has 1 amide bonds. The van der Waals surface area contributed by atoms with Gasteiger partial charge in [-0.25, -0.2) is 19.9 Å². The maximum atomic E-state index is 12.8. The predicted octanol–water partition coefficient (Wildman–Crippen LogP) is 3.09. The lowest BCUT2D eigenvalue weighted by molar-refractivity contribution is -0.132. The molecule has 4 aromatic rings. The summed E-state index contributed by atoms with van der Waals surface area (Å²) < 4.78 is 0. The topological polar surface area (TPSA) is 131 Å². The van der Waals surface area contributed by atoms with Gasteiger partial charge in [0.2, 0.25) is 5.91 Å². The van der Waals surface area contributed by atoms with Gasteiger partial charge in [-0.05, 0) is 55.0 Å². The number of aromatic nitrogens is 5. The summed E-state index contributed by atoms with van der Waals surface area (Å²) >= 11 is 0. The Labute approximate surface area is 202 Å². The van der Waals surface area contributed by atoms with Crippen molar-refractivity contribution in [2.75, 3.05) is 18.8 Å². The lowest BCUT2D eigenvalue weighted by atomic mass is 9.89. The van der Waals surface area contributed by atoms with Gasteiger partial charge in [-0.3, -0.25) is 9.59 Å². The van der Waals surface area contributed by atoms with Crippen LogP contribution in [-0.4, -0.2) is 48.8 Å². The second-order valence-electron chi connectivity index (χ2n) is 8.81. The molecule has 0 saturated carbocycles. The lowest BCUT2D eigenvalue weighted by Gasteiger charge is -2.32. The summed E-state index contributed by atoms with van der Waals surface area (Å²) in [5, 5.41) is 0.579. The van der Waals surface area contributed by atoms with Crippen molar-refractivity contribution in [1.82, 2.24) is 29.8 Å². The molecule has 0 atom stereocenters. The minimum absolute atomic E-state index is 0.139. The molecule has 3 aromatic heterocycles. The van der Waals surface area contributed by atoms with Crippen molar-refractivity contribution in [2.24, 2.45) is 0 Å². The Morgan fingerprint density at radius 2 is 1.86 bits per heavy atom. The van der Waals surface area contributed by atoms with Crippen LogP contribution in [0.15, 0.2) is 59.8 Å². The van der Waals surface area contributed by atoms with Crippen LogP contribution in [0.4, 0.5) is 5.82 Å². The number of H-pyrrole nitrogens is 1. The van der Waals surface area contributed by atoms with Gasteiger partial charge in [0.05, 0.1) is 16.5 Å². The second kappa shape index (κ2) is 10.0. The van der Waals surface area contributed by atoms with Crippen molar-refractivity contribution >= 4 is 22.6 Å². The number of aryl methyl sites for hydroxylation is 1. The molecule has 0 radical (unpaired) electrons. The number of amides is 1. The summed E-state index contributed by atoms with van der Waals surface area (Å²) in [6, 6.07) is 11.1. The van der Waals surface area contributed by atoms with Crippen LogP contribution in [0, 0.1) is 0 Å². The number of likely N-dealkylation sites (tertiary alicyclic amines) is 1. The molecular weight excluding hydrogens is 442 g/mol. The number of pyridine rings is 1. The lowest BCUT2D eigenvalue weighted by Crippen LogP contribution is -2.37. The van der Waals surface area contributed by atoms with E-state index in [1.54, 1.807) is 24.5 Å². The normalized spacial score (nSPS) is 14.3. The van der Waals surface area contributed by atoms with Crippen LogP contribution in [0.2, 0.25) is 0 Å². The molecule has 1 saturated heterocycles. The SMILES string of the molecule is Nc1ncc(C2CCN(C(=O)CCCc3nc4ccccc4c(=O)[nH]3)CC2)cc1-c1ncccn1. The van der Waals surface area contributed by atoms with Crippen molar-refractivity contribution in [3.05, 3.63) is 76.7 Å². The highest BCUT2D eigenvalue weighted by atomic mass is 16.2. The Morgan fingerprint density at radius 3 is 2.66 bits per heavy atom. The van der Waals surface area contributed by atoms with E-state index in [1.807, 2.05) is 35.4 Å². The molecule has 0 aliphatic carbocycles. The Balaban J connectivity index is 1.15. The van der Waals surface area contributed by atoms with Gasteiger partial charge < -0.3 is 15.6 Å². The fourth-order valence-electron chi connectivity index (χ4n) is 4.61. The largest absolute Gasteiger partial charge is 0.383 e. The first-order valence-electron chi connectivity index (χ1n) is 11.9. The van der Waals surface area contributed by atoms with E-state index in [2.05, 4.69) is 24.9 Å². The van der Waals surface area contributed by atoms with E-state index >= 15 is 0 Å². The third-order valence-corrected chi connectivity index (χ3v) is 6.53. The molecule has 1 aliphatic rings. The van der Waals surface area contributed by atoms with Crippen LogP contribution in [0.5, 0.6) is 0 Å². The number of nitrogens with one attached hydrogen (secondary N) is 1. The number of benzene rings is 1. The Kier molecular flexibility index (Phi) is 6.47. The first-order chi connectivity index (χ1) is 17.1. The van der Waals surface area contributed by atoms with E-state index in [0.717, 1.165) is 24.0 Å². The Bertz CT molecular complexity index is 1400. The number of rotatable bonds is 6. The molecule has 0 unspecified atom stereocenters. The standard InChI is InChI=1S/C26H27N7O2/c27-24-20(25-28-11-4-12-29-25)15-18(16-30-24)17-9-13-33(14-10-17)23(34)8-3-7-22-31-21-6-2-1-5-19(21)26(35)32-22/h1-2,4-6,11-12,15-17H,3,7-10,13-14H2,(H2,27,30)(H,31,32,35). The highest BCUT2D eigenvalue weighted by Gasteiger charge is 2.24. The van der Waals surface area contributed by atoms with Crippen molar-refractivity contribution in [3.8, 4) is 11.4 Å². The number of hydrogen-bond acceptors (Lipinski definition) is 7. The monoisotopic (exact) mass is 469 g/mol. The van der Waals surface area contributed by atoms with Crippen molar-refractivity contribution < 1.29 is 4.79 Å². The maximum Gasteiger partial charge on any atom is 0.258 e. The first-order valence-corrected chi connectivity index (χ1v) is 11.9. The van der Waals surface area contributed by atoms with Gasteiger partial charge in [0.25, 0.3) is 5.56 Å². The number of carbonyl (C=O) groups is 1. The molecule has 9 nitrogen and oxygen atoms in total. The zero-order valence-electron chi connectivity index (χ0n) is 19.4. The van der Waals surface area contributed by atoms with Gasteiger partial charge in [-0.15, -0.1) is 0 Å². The van der Waals surface area contributed by atoms with Gasteiger partial charge in [-0.1, -0.05) is 12.1 Å². The molecule has 4 heterocycles. The maximum absolute atomic E-state index is 12.8. The van der Waals surface area contributed by atoms with E-state index in [0.29, 0.717) is 66.6 Å². The highest BCUT2D eigenvalue weighted by molar-refractivity contribution is 5.77. The number of carbonyl (C=O) groups excluding carboxylic acids is 1. The molecule has 0 bridgehead atoms. The smallest absolute Gasteiger partial charge is 0.258 e. The molecule has 1 fully saturated rings. The molecule has 178 valence electrons. The zero-order chi connectivity index (χ0) is 24.2. The quantitative estimate of drug-likeness (QED) is 0.444. The summed E-state index contributed by atoms with van der Waals surface area (Å²) in [7, 11) is 0. The van der Waals surface area contributed by atoms with Crippen LogP contribution < -0.4 is 11.3 Å². The average Bonchev–Trinajstić information content (AvgIpc) is 2.89. The molecule has 0 spiro atoms. The molecule has 1 aliphatic heterocycles. The molecule has 35 heavy (non-hydrogen) atoms. The minimum Gasteiger partial charge on any atom is -0.383 e. The number of hydrogen-bond donors (Lipinski definition) is 2. The fourth-order valence-corrected chi connectivity index (χ4v) is 4.61. The molecule has 9 heteroatoms. The van der Waals surface area contributed by atoms with Crippen LogP contribution in [0.25, 0.3) is 22.3 Å². The number of nitrogens with two attached hydrogens (primary N) is 1. The number of anilines is 1. The number of piperidine rings is 1. The number of nitrogens with zero attached hydrogens (tertiary/aromatic N) is 5. The molecule has 5 rings (SSSR count). The van der Waals surface area contributed by atoms with Crippen LogP contribution >= 0.6 is 0 Å². The van der Waals surface area contributed by atoms with Gasteiger partial charge >= 0.3 is 0 Å². The summed E-state index contributed by atoms with van der Waals surface area (Å²) in [6.45, 7) is 1.41. The number of para-hydroxylation sites is 1. The predicted molar refractivity (Wildman–Crippen MR) is 134 cm³/mol. The number of fused-ring (bicyclic) bond motifs is 1. The first kappa shape index (κ1) is 22.6. The average molecular weight is 470 g/mol. The summed E-state index contributed by atoms with van der Waals surface area (Å²) in [4.78, 5) is 47.2. The van der Waals surface area contributed by atoms with E-state index in [4.69, 9.17) is 5.73 Å². The third kappa shape index (κ3) is 5.03. The molecule has 1 aromatic carbocycles. The van der Waals surface area contributed by atoms with Crippen LogP contribution in [0.1, 0.15) is 43.0 Å². The summed E-state index contributed by atoms with van der Waals surface area (Å²) in [5.41, 5.74) is 8.44. The van der Waals surface area contributed by atoms with E-state index in [9.17, 15) is 9.59 Å². The second-order valence-corrected chi connectivity index (χ2v) is 8.81. The fraction of sp³-hybridized carbons (Fsp3) is 0.308. The number of nitrogen functional groups attached to an aromatic ring is 1. The van der Waals surface area contributed by atoms with E-state index in [-0.39, 0.29) is 11.5 Å². The van der Waals surface area contributed by atoms with Crippen molar-refractivity contribution in [2.45, 2.75) is 38.0 Å². The Hall–Kier alpha value is -4.14. The highest BCUT2D eigenvalue weighted by Crippen LogP contribution is 2.31. The van der Waals surface area contributed by atoms with Crippen LogP contribution in [-0.2, 0) is 11.2 Å². The van der Waals surface area contributed by atoms with Gasteiger partial charge in [-0.2, -0.15) is 0 Å². The van der Waals surface area contributed by atoms with Crippen LogP contribution in [0.3, 0.4) is 0 Å². The summed E-state index contributed by atoms with van der Waals surface area (Å²) in [5.74, 6) is 2.04.